The maximum atomic E-state index is 11.3. The molecule has 22 heavy (non-hydrogen) atoms. The van der Waals surface area contributed by atoms with Crippen LogP contribution in [0.15, 0.2) is 24.3 Å². The lowest BCUT2D eigenvalue weighted by molar-refractivity contribution is 0.0997. The van der Waals surface area contributed by atoms with Crippen LogP contribution in [0.3, 0.4) is 0 Å². The fourth-order valence-corrected chi connectivity index (χ4v) is 1.48. The maximum absolute atomic E-state index is 11.3. The van der Waals surface area contributed by atoms with Crippen LogP contribution in [-0.4, -0.2) is 45.4 Å². The molecule has 0 aromatic heterocycles. The first kappa shape index (κ1) is 17.3. The van der Waals surface area contributed by atoms with Gasteiger partial charge in [-0.3, -0.25) is 4.79 Å². The molecule has 0 unspecified atom stereocenters. The number of hydrogen-bond donors (Lipinski definition) is 3. The number of ether oxygens (including phenoxy) is 2. The molecule has 1 aromatic carbocycles. The van der Waals surface area contributed by atoms with Crippen LogP contribution in [-0.2, 0) is 4.74 Å². The lowest BCUT2D eigenvalue weighted by atomic mass is 10.2. The molecule has 0 bridgehead atoms. The Kier molecular flexibility index (Phi) is 7.93. The second kappa shape index (κ2) is 10.1. The van der Waals surface area contributed by atoms with Crippen LogP contribution in [0.25, 0.3) is 0 Å². The van der Waals surface area contributed by atoms with Crippen LogP contribution in [0.4, 0.5) is 4.79 Å². The van der Waals surface area contributed by atoms with Gasteiger partial charge in [0.1, 0.15) is 12.4 Å². The normalized spacial score (nSPS) is 9.32. The number of rotatable bonds is 7. The number of hydrogen-bond acceptors (Lipinski definition) is 4. The fourth-order valence-electron chi connectivity index (χ4n) is 1.48. The number of methoxy groups -OCH3 is 1. The minimum Gasteiger partial charge on any atom is -0.480 e. The third-order valence-electron chi connectivity index (χ3n) is 2.51. The van der Waals surface area contributed by atoms with E-state index in [1.54, 1.807) is 31.4 Å². The van der Waals surface area contributed by atoms with Gasteiger partial charge in [0, 0.05) is 13.7 Å². The Morgan fingerprint density at radius 2 is 2.00 bits per heavy atom. The zero-order valence-electron chi connectivity index (χ0n) is 12.3. The maximum Gasteiger partial charge on any atom is 0.315 e. The molecule has 1 rings (SSSR count). The molecule has 0 spiro atoms. The predicted molar refractivity (Wildman–Crippen MR) is 81.5 cm³/mol. The topological polar surface area (TPSA) is 103 Å². The van der Waals surface area contributed by atoms with Crippen molar-refractivity contribution >= 4 is 11.9 Å². The molecule has 0 aliphatic carbocycles. The van der Waals surface area contributed by atoms with E-state index in [1.807, 2.05) is 0 Å². The van der Waals surface area contributed by atoms with Gasteiger partial charge in [-0.25, -0.2) is 4.79 Å². The first-order valence-electron chi connectivity index (χ1n) is 6.63. The van der Waals surface area contributed by atoms with E-state index in [-0.39, 0.29) is 19.2 Å². The summed E-state index contributed by atoms with van der Waals surface area (Å²) in [6.07, 6.45) is 0. The standard InChI is InChI=1S/C15H19N3O4/c1-21-11-9-18-15(20)17-8-4-5-10-22-13-7-3-2-6-12(13)14(16)19/h2-3,6-7H,8-11H2,1H3,(H2,16,19)(H2,17,18,20). The molecule has 0 atom stereocenters. The Hall–Kier alpha value is -2.72. The summed E-state index contributed by atoms with van der Waals surface area (Å²) in [5.41, 5.74) is 5.54. The molecule has 0 saturated heterocycles. The number of carbonyl (C=O) groups is 2. The highest BCUT2D eigenvalue weighted by Crippen LogP contribution is 2.16. The first-order valence-corrected chi connectivity index (χ1v) is 6.63. The molecular weight excluding hydrogens is 286 g/mol. The first-order chi connectivity index (χ1) is 10.6. The Bertz CT molecular complexity index is 563. The van der Waals surface area contributed by atoms with Crippen molar-refractivity contribution in [2.24, 2.45) is 5.73 Å². The fraction of sp³-hybridized carbons (Fsp3) is 0.333. The number of primary amides is 1. The molecule has 7 nitrogen and oxygen atoms in total. The smallest absolute Gasteiger partial charge is 0.315 e. The second-order valence-corrected chi connectivity index (χ2v) is 4.10. The minimum absolute atomic E-state index is 0.0945. The average molecular weight is 305 g/mol. The quantitative estimate of drug-likeness (QED) is 0.491. The number of para-hydroxylation sites is 1. The molecule has 0 aliphatic rings. The summed E-state index contributed by atoms with van der Waals surface area (Å²) in [7, 11) is 1.56. The highest BCUT2D eigenvalue weighted by molar-refractivity contribution is 5.95. The van der Waals surface area contributed by atoms with E-state index in [1.165, 1.54) is 0 Å². The van der Waals surface area contributed by atoms with E-state index in [0.29, 0.717) is 24.5 Å². The monoisotopic (exact) mass is 305 g/mol. The summed E-state index contributed by atoms with van der Waals surface area (Å²) in [6.45, 7) is 1.17. The summed E-state index contributed by atoms with van der Waals surface area (Å²) in [5, 5.41) is 5.16. The number of amides is 3. The van der Waals surface area contributed by atoms with Gasteiger partial charge in [0.15, 0.2) is 0 Å². The molecule has 0 fully saturated rings. The summed E-state index contributed by atoms with van der Waals surface area (Å²) in [5.74, 6) is 5.29. The van der Waals surface area contributed by atoms with Crippen molar-refractivity contribution in [2.45, 2.75) is 0 Å². The summed E-state index contributed by atoms with van der Waals surface area (Å²) in [6, 6.07) is 6.35. The van der Waals surface area contributed by atoms with Crippen molar-refractivity contribution in [2.75, 3.05) is 33.4 Å². The number of urea groups is 1. The van der Waals surface area contributed by atoms with E-state index >= 15 is 0 Å². The predicted octanol–water partition coefficient (Wildman–Crippen LogP) is 0.113. The highest BCUT2D eigenvalue weighted by Gasteiger charge is 2.06. The molecule has 0 aliphatic heterocycles. The Labute approximate surface area is 129 Å². The van der Waals surface area contributed by atoms with E-state index in [4.69, 9.17) is 15.2 Å². The SMILES string of the molecule is COCCNC(=O)NCC#CCOc1ccccc1C(N)=O. The molecule has 0 radical (unpaired) electrons. The number of nitrogens with two attached hydrogens (primary N) is 1. The van der Waals surface area contributed by atoms with Gasteiger partial charge in [0.2, 0.25) is 0 Å². The molecule has 3 amide bonds. The summed E-state index contributed by atoms with van der Waals surface area (Å²) < 4.78 is 10.2. The highest BCUT2D eigenvalue weighted by atomic mass is 16.5. The zero-order valence-corrected chi connectivity index (χ0v) is 12.3. The van der Waals surface area contributed by atoms with Crippen molar-refractivity contribution in [1.29, 1.82) is 0 Å². The molecular formula is C15H19N3O4. The van der Waals surface area contributed by atoms with Gasteiger partial charge >= 0.3 is 6.03 Å². The van der Waals surface area contributed by atoms with Crippen molar-refractivity contribution in [3.8, 4) is 17.6 Å². The van der Waals surface area contributed by atoms with Gasteiger partial charge in [-0.1, -0.05) is 24.0 Å². The van der Waals surface area contributed by atoms with Crippen LogP contribution in [0, 0.1) is 11.8 Å². The Morgan fingerprint density at radius 1 is 1.23 bits per heavy atom. The Morgan fingerprint density at radius 3 is 2.73 bits per heavy atom. The van der Waals surface area contributed by atoms with Gasteiger partial charge in [0.05, 0.1) is 18.7 Å². The van der Waals surface area contributed by atoms with Gasteiger partial charge in [0.25, 0.3) is 5.91 Å². The third-order valence-corrected chi connectivity index (χ3v) is 2.51. The summed E-state index contributed by atoms with van der Waals surface area (Å²) in [4.78, 5) is 22.4. The van der Waals surface area contributed by atoms with Gasteiger partial charge in [-0.2, -0.15) is 0 Å². The lowest BCUT2D eigenvalue weighted by Gasteiger charge is -2.06. The molecule has 0 saturated carbocycles. The molecule has 4 N–H and O–H groups in total. The largest absolute Gasteiger partial charge is 0.480 e. The Balaban J connectivity index is 2.28. The molecule has 118 valence electrons. The number of benzene rings is 1. The van der Waals surface area contributed by atoms with Crippen LogP contribution >= 0.6 is 0 Å². The van der Waals surface area contributed by atoms with Crippen molar-refractivity contribution < 1.29 is 19.1 Å². The summed E-state index contributed by atoms with van der Waals surface area (Å²) >= 11 is 0. The van der Waals surface area contributed by atoms with E-state index in [0.717, 1.165) is 0 Å². The minimum atomic E-state index is -0.557. The zero-order chi connectivity index (χ0) is 16.2. The molecule has 0 heterocycles. The van der Waals surface area contributed by atoms with Crippen molar-refractivity contribution in [3.05, 3.63) is 29.8 Å². The van der Waals surface area contributed by atoms with E-state index in [9.17, 15) is 9.59 Å². The van der Waals surface area contributed by atoms with Gasteiger partial charge in [-0.15, -0.1) is 0 Å². The molecule has 1 aromatic rings. The van der Waals surface area contributed by atoms with Crippen molar-refractivity contribution in [3.63, 3.8) is 0 Å². The van der Waals surface area contributed by atoms with Crippen LogP contribution in [0.2, 0.25) is 0 Å². The molecule has 7 heteroatoms. The lowest BCUT2D eigenvalue weighted by Crippen LogP contribution is -2.37. The van der Waals surface area contributed by atoms with Crippen LogP contribution < -0.4 is 21.1 Å². The van der Waals surface area contributed by atoms with Crippen molar-refractivity contribution in [1.82, 2.24) is 10.6 Å². The van der Waals surface area contributed by atoms with Gasteiger partial charge in [-0.05, 0) is 12.1 Å². The van der Waals surface area contributed by atoms with Crippen LogP contribution in [0.5, 0.6) is 5.75 Å². The second-order valence-electron chi connectivity index (χ2n) is 4.10. The van der Waals surface area contributed by atoms with Crippen LogP contribution in [0.1, 0.15) is 10.4 Å². The van der Waals surface area contributed by atoms with Gasteiger partial charge < -0.3 is 25.8 Å². The number of nitrogens with one attached hydrogen (secondary N) is 2. The number of carbonyl (C=O) groups excluding carboxylic acids is 2. The van der Waals surface area contributed by atoms with E-state index < -0.39 is 5.91 Å². The average Bonchev–Trinajstić information content (AvgIpc) is 2.51. The van der Waals surface area contributed by atoms with E-state index in [2.05, 4.69) is 22.5 Å². The third kappa shape index (κ3) is 6.63.